The molecule has 3 atom stereocenters. The molecule has 0 aliphatic carbocycles. The molecule has 2 N–H and O–H groups in total. The Morgan fingerprint density at radius 2 is 2.09 bits per heavy atom. The Labute approximate surface area is 138 Å². The largest absolute Gasteiger partial charge is 0.335 e. The number of carbonyl (C=O) groups excluding carboxylic acids is 1. The Bertz CT molecular complexity index is 658. The van der Waals surface area contributed by atoms with Gasteiger partial charge in [0.1, 0.15) is 0 Å². The Morgan fingerprint density at radius 1 is 1.43 bits per heavy atom. The first-order chi connectivity index (χ1) is 10.9. The van der Waals surface area contributed by atoms with Crippen LogP contribution in [0.25, 0.3) is 0 Å². The second-order valence-corrected chi connectivity index (χ2v) is 8.29. The van der Waals surface area contributed by atoms with Gasteiger partial charge in [-0.2, -0.15) is 0 Å². The van der Waals surface area contributed by atoms with Gasteiger partial charge < -0.3 is 10.6 Å². The molecule has 1 aromatic rings. The predicted molar refractivity (Wildman–Crippen MR) is 91.5 cm³/mol. The summed E-state index contributed by atoms with van der Waals surface area (Å²) < 4.78 is 23.4. The fourth-order valence-corrected chi connectivity index (χ4v) is 4.69. The zero-order valence-electron chi connectivity index (χ0n) is 13.4. The Kier molecular flexibility index (Phi) is 5.59. The highest BCUT2D eigenvalue weighted by Gasteiger charge is 2.36. The van der Waals surface area contributed by atoms with Crippen molar-refractivity contribution in [2.45, 2.75) is 25.4 Å². The van der Waals surface area contributed by atoms with Crippen LogP contribution in [0.3, 0.4) is 0 Å². The summed E-state index contributed by atoms with van der Waals surface area (Å²) in [6.45, 7) is 5.81. The Morgan fingerprint density at radius 3 is 2.61 bits per heavy atom. The van der Waals surface area contributed by atoms with Crippen molar-refractivity contribution in [2.75, 3.05) is 18.1 Å². The van der Waals surface area contributed by atoms with Crippen LogP contribution in [0.1, 0.15) is 24.9 Å². The lowest BCUT2D eigenvalue weighted by molar-refractivity contribution is -0.137. The predicted octanol–water partition coefficient (Wildman–Crippen LogP) is 1.52. The third-order valence-corrected chi connectivity index (χ3v) is 6.12. The van der Waals surface area contributed by atoms with E-state index in [1.54, 1.807) is 17.9 Å². The van der Waals surface area contributed by atoms with E-state index in [0.29, 0.717) is 13.0 Å². The summed E-state index contributed by atoms with van der Waals surface area (Å²) in [5.74, 6) is -0.388. The zero-order chi connectivity index (χ0) is 17.0. The van der Waals surface area contributed by atoms with Crippen molar-refractivity contribution in [3.63, 3.8) is 0 Å². The van der Waals surface area contributed by atoms with Gasteiger partial charge in [0, 0.05) is 18.6 Å². The molecule has 23 heavy (non-hydrogen) atoms. The Balaban J connectivity index is 2.15. The summed E-state index contributed by atoms with van der Waals surface area (Å²) in [6, 6.07) is 8.76. The summed E-state index contributed by atoms with van der Waals surface area (Å²) in [4.78, 5) is 14.5. The van der Waals surface area contributed by atoms with Crippen LogP contribution >= 0.6 is 0 Å². The lowest BCUT2D eigenvalue weighted by Crippen LogP contribution is -2.46. The van der Waals surface area contributed by atoms with Crippen LogP contribution in [-0.2, 0) is 14.6 Å². The van der Waals surface area contributed by atoms with Gasteiger partial charge in [0.2, 0.25) is 5.91 Å². The van der Waals surface area contributed by atoms with Gasteiger partial charge in [-0.3, -0.25) is 4.79 Å². The number of amides is 1. The highest BCUT2D eigenvalue weighted by molar-refractivity contribution is 7.91. The van der Waals surface area contributed by atoms with Crippen molar-refractivity contribution in [2.24, 2.45) is 11.7 Å². The molecule has 0 spiro atoms. The normalized spacial score (nSPS) is 22.3. The van der Waals surface area contributed by atoms with Crippen LogP contribution in [0.15, 0.2) is 43.0 Å². The molecule has 1 heterocycles. The number of rotatable bonds is 6. The monoisotopic (exact) mass is 336 g/mol. The maximum absolute atomic E-state index is 12.8. The molecule has 2 rings (SSSR count). The number of hydrogen-bond acceptors (Lipinski definition) is 4. The molecule has 1 saturated heterocycles. The average Bonchev–Trinajstić information content (AvgIpc) is 2.91. The Hall–Kier alpha value is -1.66. The van der Waals surface area contributed by atoms with Gasteiger partial charge in [0.15, 0.2) is 9.84 Å². The average molecular weight is 336 g/mol. The second-order valence-electron chi connectivity index (χ2n) is 6.06. The first-order valence-corrected chi connectivity index (χ1v) is 9.60. The van der Waals surface area contributed by atoms with Crippen molar-refractivity contribution in [1.82, 2.24) is 4.90 Å². The van der Waals surface area contributed by atoms with Crippen molar-refractivity contribution >= 4 is 15.7 Å². The first-order valence-electron chi connectivity index (χ1n) is 7.78. The van der Waals surface area contributed by atoms with E-state index < -0.39 is 21.8 Å². The SMILES string of the molecule is C=CCN(C(=O)C(C)C(N)c1ccccc1)C1CCS(=O)(=O)C1. The second kappa shape index (κ2) is 7.27. The maximum atomic E-state index is 12.8. The number of benzene rings is 1. The molecule has 6 heteroatoms. The third-order valence-electron chi connectivity index (χ3n) is 4.37. The third kappa shape index (κ3) is 4.20. The zero-order valence-corrected chi connectivity index (χ0v) is 14.2. The van der Waals surface area contributed by atoms with E-state index in [2.05, 4.69) is 6.58 Å². The number of nitrogens with zero attached hydrogens (tertiary/aromatic N) is 1. The molecule has 0 saturated carbocycles. The molecule has 1 amide bonds. The minimum absolute atomic E-state index is 0.0277. The summed E-state index contributed by atoms with van der Waals surface area (Å²) >= 11 is 0. The fourth-order valence-electron chi connectivity index (χ4n) is 2.96. The van der Waals surface area contributed by atoms with Gasteiger partial charge >= 0.3 is 0 Å². The fraction of sp³-hybridized carbons (Fsp3) is 0.471. The molecule has 1 aliphatic rings. The summed E-state index contributed by atoms with van der Waals surface area (Å²) in [5.41, 5.74) is 7.13. The molecule has 0 aromatic heterocycles. The topological polar surface area (TPSA) is 80.5 Å². The van der Waals surface area contributed by atoms with Crippen LogP contribution in [0.4, 0.5) is 0 Å². The molecular weight excluding hydrogens is 312 g/mol. The van der Waals surface area contributed by atoms with E-state index in [9.17, 15) is 13.2 Å². The number of nitrogens with two attached hydrogens (primary N) is 1. The molecule has 5 nitrogen and oxygen atoms in total. The number of sulfone groups is 1. The van der Waals surface area contributed by atoms with Gasteiger partial charge in [-0.25, -0.2) is 8.42 Å². The van der Waals surface area contributed by atoms with Crippen molar-refractivity contribution in [3.05, 3.63) is 48.6 Å². The molecule has 126 valence electrons. The van der Waals surface area contributed by atoms with E-state index >= 15 is 0 Å². The highest BCUT2D eigenvalue weighted by Crippen LogP contribution is 2.25. The van der Waals surface area contributed by atoms with Gasteiger partial charge in [-0.05, 0) is 12.0 Å². The quantitative estimate of drug-likeness (QED) is 0.799. The van der Waals surface area contributed by atoms with Crippen LogP contribution in [0, 0.1) is 5.92 Å². The minimum atomic E-state index is -3.05. The molecule has 1 aliphatic heterocycles. The number of carbonyl (C=O) groups is 1. The van der Waals surface area contributed by atoms with Gasteiger partial charge in [-0.15, -0.1) is 6.58 Å². The molecular formula is C17H24N2O3S. The number of hydrogen-bond donors (Lipinski definition) is 1. The van der Waals surface area contributed by atoms with Crippen molar-refractivity contribution in [3.8, 4) is 0 Å². The maximum Gasteiger partial charge on any atom is 0.227 e. The lowest BCUT2D eigenvalue weighted by atomic mass is 9.93. The van der Waals surface area contributed by atoms with Gasteiger partial charge in [-0.1, -0.05) is 43.3 Å². The molecule has 0 radical (unpaired) electrons. The summed E-state index contributed by atoms with van der Waals surface area (Å²) in [7, 11) is -3.05. The van der Waals surface area contributed by atoms with E-state index in [-0.39, 0.29) is 23.5 Å². The molecule has 3 unspecified atom stereocenters. The highest BCUT2D eigenvalue weighted by atomic mass is 32.2. The van der Waals surface area contributed by atoms with E-state index in [0.717, 1.165) is 5.56 Å². The van der Waals surface area contributed by atoms with Crippen LogP contribution in [0.2, 0.25) is 0 Å². The lowest BCUT2D eigenvalue weighted by Gasteiger charge is -2.31. The van der Waals surface area contributed by atoms with E-state index in [4.69, 9.17) is 5.73 Å². The van der Waals surface area contributed by atoms with Crippen LogP contribution in [0.5, 0.6) is 0 Å². The smallest absolute Gasteiger partial charge is 0.227 e. The molecule has 1 fully saturated rings. The van der Waals surface area contributed by atoms with Crippen molar-refractivity contribution in [1.29, 1.82) is 0 Å². The molecule has 1 aromatic carbocycles. The van der Waals surface area contributed by atoms with E-state index in [1.807, 2.05) is 30.3 Å². The first kappa shape index (κ1) is 17.7. The van der Waals surface area contributed by atoms with E-state index in [1.165, 1.54) is 0 Å². The standard InChI is InChI=1S/C17H24N2O3S/c1-3-10-19(15-9-11-23(21,22)12-15)17(20)13(2)16(18)14-7-5-4-6-8-14/h3-8,13,15-16H,1,9-12,18H2,2H3. The van der Waals surface area contributed by atoms with Crippen molar-refractivity contribution < 1.29 is 13.2 Å². The van der Waals surface area contributed by atoms with Crippen LogP contribution < -0.4 is 5.73 Å². The molecule has 0 bridgehead atoms. The van der Waals surface area contributed by atoms with Crippen LogP contribution in [-0.4, -0.2) is 43.3 Å². The summed E-state index contributed by atoms with van der Waals surface area (Å²) in [6.07, 6.45) is 2.11. The minimum Gasteiger partial charge on any atom is -0.335 e. The van der Waals surface area contributed by atoms with Gasteiger partial charge in [0.25, 0.3) is 0 Å². The van der Waals surface area contributed by atoms with Gasteiger partial charge in [0.05, 0.1) is 17.4 Å². The summed E-state index contributed by atoms with van der Waals surface area (Å²) in [5, 5.41) is 0.